The number of aryl methyl sites for hydroxylation is 1. The fourth-order valence-electron chi connectivity index (χ4n) is 3.00. The summed E-state index contributed by atoms with van der Waals surface area (Å²) in [6.07, 6.45) is 19.7. The average Bonchev–Trinajstić information content (AvgIpc) is 2.95. The van der Waals surface area contributed by atoms with E-state index in [1.165, 1.54) is 28.5 Å². The van der Waals surface area contributed by atoms with Gasteiger partial charge in [0.1, 0.15) is 5.82 Å². The third kappa shape index (κ3) is 4.58. The Morgan fingerprint density at radius 1 is 1.12 bits per heavy atom. The van der Waals surface area contributed by atoms with Crippen molar-refractivity contribution in [2.75, 3.05) is 0 Å². The Morgan fingerprint density at radius 3 is 2.96 bits per heavy atom. The van der Waals surface area contributed by atoms with Crippen LogP contribution in [0.2, 0.25) is 0 Å². The molecule has 2 heteroatoms. The first-order valence-electron chi connectivity index (χ1n) is 9.01. The third-order valence-electron chi connectivity index (χ3n) is 4.28. The zero-order valence-corrected chi connectivity index (χ0v) is 14.5. The Kier molecular flexibility index (Phi) is 5.84. The Morgan fingerprint density at radius 2 is 2.04 bits per heavy atom. The van der Waals surface area contributed by atoms with Crippen molar-refractivity contribution in [1.29, 1.82) is 0 Å². The molecular formula is C22H26N2. The molecule has 2 nitrogen and oxygen atoms in total. The highest BCUT2D eigenvalue weighted by Crippen LogP contribution is 2.22. The van der Waals surface area contributed by atoms with Crippen LogP contribution in [0.25, 0.3) is 10.9 Å². The van der Waals surface area contributed by atoms with Gasteiger partial charge in [0.2, 0.25) is 0 Å². The number of hydrogen-bond donors (Lipinski definition) is 1. The average molecular weight is 318 g/mol. The van der Waals surface area contributed by atoms with Crippen molar-refractivity contribution in [2.24, 2.45) is 4.99 Å². The number of allylic oxidation sites excluding steroid dienone is 6. The van der Waals surface area contributed by atoms with Crippen molar-refractivity contribution in [3.63, 3.8) is 0 Å². The van der Waals surface area contributed by atoms with Gasteiger partial charge < -0.3 is 4.98 Å². The highest BCUT2D eigenvalue weighted by Gasteiger charge is 2.00. The Labute approximate surface area is 144 Å². The fraction of sp³-hybridized carbons (Fsp3) is 0.318. The van der Waals surface area contributed by atoms with E-state index in [-0.39, 0.29) is 0 Å². The third-order valence-corrected chi connectivity index (χ3v) is 4.28. The van der Waals surface area contributed by atoms with Crippen LogP contribution >= 0.6 is 0 Å². The summed E-state index contributed by atoms with van der Waals surface area (Å²) in [7, 11) is 0. The van der Waals surface area contributed by atoms with Gasteiger partial charge in [-0.3, -0.25) is 0 Å². The molecule has 1 aliphatic rings. The van der Waals surface area contributed by atoms with Crippen molar-refractivity contribution in [1.82, 2.24) is 4.98 Å². The standard InChI is InChI=1S/C22H26N2/c1-2-9-19-13-14-20-17-22(24-21(20)16-19)23-15-8-12-18-10-6-4-3-5-7-11-18/h4,6-7,10-11,13-17,24H,2-3,5,8-9,12H2,1H3. The lowest BCUT2D eigenvalue weighted by Gasteiger charge is -2.00. The van der Waals surface area contributed by atoms with E-state index in [2.05, 4.69) is 71.5 Å². The lowest BCUT2D eigenvalue weighted by atomic mass is 10.1. The van der Waals surface area contributed by atoms with Crippen LogP contribution in [-0.4, -0.2) is 11.2 Å². The quantitative estimate of drug-likeness (QED) is 0.594. The number of nitrogens with one attached hydrogen (secondary N) is 1. The summed E-state index contributed by atoms with van der Waals surface area (Å²) in [5.41, 5.74) is 3.94. The van der Waals surface area contributed by atoms with E-state index in [0.29, 0.717) is 0 Å². The number of benzene rings is 1. The lowest BCUT2D eigenvalue weighted by molar-refractivity contribution is 0.923. The molecule has 0 radical (unpaired) electrons. The van der Waals surface area contributed by atoms with Crippen LogP contribution in [0.5, 0.6) is 0 Å². The monoisotopic (exact) mass is 318 g/mol. The first-order valence-corrected chi connectivity index (χ1v) is 9.01. The molecule has 1 heterocycles. The SMILES string of the molecule is CCCc1ccc2cc(N=CCCC3=CC=CCCC=C3)[nH]c2c1. The number of hydrogen-bond acceptors (Lipinski definition) is 1. The number of nitrogens with zero attached hydrogens (tertiary/aromatic N) is 1. The predicted octanol–water partition coefficient (Wildman–Crippen LogP) is 6.44. The number of fused-ring (bicyclic) bond motifs is 1. The largest absolute Gasteiger partial charge is 0.340 e. The number of aromatic amines is 1. The zero-order valence-electron chi connectivity index (χ0n) is 14.5. The molecule has 0 saturated carbocycles. The van der Waals surface area contributed by atoms with Crippen LogP contribution in [0.1, 0.15) is 44.6 Å². The summed E-state index contributed by atoms with van der Waals surface area (Å²) in [5, 5.41) is 1.23. The van der Waals surface area contributed by atoms with E-state index in [1.54, 1.807) is 0 Å². The first kappa shape index (κ1) is 16.5. The van der Waals surface area contributed by atoms with E-state index < -0.39 is 0 Å². The second-order valence-electron chi connectivity index (χ2n) is 6.33. The number of H-pyrrole nitrogens is 1. The normalized spacial score (nSPS) is 15.0. The molecule has 0 saturated heterocycles. The van der Waals surface area contributed by atoms with Gasteiger partial charge in [0, 0.05) is 17.1 Å². The lowest BCUT2D eigenvalue weighted by Crippen LogP contribution is -1.83. The Balaban J connectivity index is 1.61. The molecule has 0 bridgehead atoms. The van der Waals surface area contributed by atoms with Crippen molar-refractivity contribution in [3.05, 3.63) is 65.8 Å². The summed E-state index contributed by atoms with van der Waals surface area (Å²) in [4.78, 5) is 8.01. The summed E-state index contributed by atoms with van der Waals surface area (Å²) in [6.45, 7) is 2.21. The minimum Gasteiger partial charge on any atom is -0.340 e. The smallest absolute Gasteiger partial charge is 0.130 e. The topological polar surface area (TPSA) is 28.1 Å². The van der Waals surface area contributed by atoms with Crippen LogP contribution in [-0.2, 0) is 6.42 Å². The van der Waals surface area contributed by atoms with Crippen molar-refractivity contribution in [3.8, 4) is 0 Å². The molecule has 0 aliphatic heterocycles. The van der Waals surface area contributed by atoms with Gasteiger partial charge in [-0.25, -0.2) is 4.99 Å². The van der Waals surface area contributed by atoms with Gasteiger partial charge in [0.15, 0.2) is 0 Å². The molecule has 0 fully saturated rings. The molecule has 0 atom stereocenters. The minimum atomic E-state index is 0.945. The predicted molar refractivity (Wildman–Crippen MR) is 105 cm³/mol. The van der Waals surface area contributed by atoms with Gasteiger partial charge in [-0.05, 0) is 55.4 Å². The Bertz CT molecular complexity index is 787. The molecule has 0 unspecified atom stereocenters. The van der Waals surface area contributed by atoms with E-state index >= 15 is 0 Å². The fourth-order valence-corrected chi connectivity index (χ4v) is 3.00. The van der Waals surface area contributed by atoms with Gasteiger partial charge in [-0.1, -0.05) is 55.9 Å². The molecule has 2 aromatic rings. The van der Waals surface area contributed by atoms with Crippen LogP contribution in [0.4, 0.5) is 5.82 Å². The molecule has 24 heavy (non-hydrogen) atoms. The van der Waals surface area contributed by atoms with Crippen molar-refractivity contribution >= 4 is 22.9 Å². The molecule has 0 spiro atoms. The first-order chi connectivity index (χ1) is 11.8. The van der Waals surface area contributed by atoms with E-state index in [1.807, 2.05) is 6.21 Å². The van der Waals surface area contributed by atoms with Crippen LogP contribution < -0.4 is 0 Å². The maximum atomic E-state index is 4.60. The molecule has 1 aromatic heterocycles. The van der Waals surface area contributed by atoms with Gasteiger partial charge >= 0.3 is 0 Å². The number of aromatic nitrogens is 1. The van der Waals surface area contributed by atoms with Gasteiger partial charge in [-0.15, -0.1) is 0 Å². The summed E-state index contributed by atoms with van der Waals surface area (Å²) >= 11 is 0. The summed E-state index contributed by atoms with van der Waals surface area (Å²) in [5.74, 6) is 0.945. The second kappa shape index (κ2) is 8.49. The Hall–Kier alpha value is -2.35. The number of rotatable bonds is 6. The van der Waals surface area contributed by atoms with E-state index in [0.717, 1.165) is 37.9 Å². The molecule has 3 rings (SSSR count). The zero-order chi connectivity index (χ0) is 16.6. The molecule has 124 valence electrons. The second-order valence-corrected chi connectivity index (χ2v) is 6.33. The highest BCUT2D eigenvalue weighted by atomic mass is 14.9. The minimum absolute atomic E-state index is 0.945. The summed E-state index contributed by atoms with van der Waals surface area (Å²) < 4.78 is 0. The summed E-state index contributed by atoms with van der Waals surface area (Å²) in [6, 6.07) is 8.77. The maximum absolute atomic E-state index is 4.60. The maximum Gasteiger partial charge on any atom is 0.130 e. The van der Waals surface area contributed by atoms with Gasteiger partial charge in [0.25, 0.3) is 0 Å². The van der Waals surface area contributed by atoms with Crippen LogP contribution in [0.15, 0.2) is 65.2 Å². The molecule has 1 aromatic carbocycles. The van der Waals surface area contributed by atoms with E-state index in [4.69, 9.17) is 0 Å². The van der Waals surface area contributed by atoms with Crippen molar-refractivity contribution in [2.45, 2.75) is 45.4 Å². The van der Waals surface area contributed by atoms with Crippen LogP contribution in [0.3, 0.4) is 0 Å². The van der Waals surface area contributed by atoms with Gasteiger partial charge in [-0.2, -0.15) is 0 Å². The van der Waals surface area contributed by atoms with Crippen LogP contribution in [0, 0.1) is 0 Å². The molecule has 0 amide bonds. The molecular weight excluding hydrogens is 292 g/mol. The number of aliphatic imine (C=N–C) groups is 1. The highest BCUT2D eigenvalue weighted by molar-refractivity contribution is 5.84. The molecule has 1 aliphatic carbocycles. The van der Waals surface area contributed by atoms with E-state index in [9.17, 15) is 0 Å². The molecule has 1 N–H and O–H groups in total. The van der Waals surface area contributed by atoms with Gasteiger partial charge in [0.05, 0.1) is 0 Å². The van der Waals surface area contributed by atoms with Crippen molar-refractivity contribution < 1.29 is 0 Å².